The van der Waals surface area contributed by atoms with E-state index in [0.29, 0.717) is 9.08 Å². The van der Waals surface area contributed by atoms with Crippen LogP contribution >= 0.6 is 47.8 Å². The summed E-state index contributed by atoms with van der Waals surface area (Å²) in [4.78, 5) is 7.98. The Morgan fingerprint density at radius 2 is 1.95 bits per heavy atom. The summed E-state index contributed by atoms with van der Waals surface area (Å²) in [6.45, 7) is 0. The van der Waals surface area contributed by atoms with Gasteiger partial charge >= 0.3 is 0 Å². The fourth-order valence-corrected chi connectivity index (χ4v) is 4.22. The van der Waals surface area contributed by atoms with Crippen molar-refractivity contribution >= 4 is 63.6 Å². The lowest BCUT2D eigenvalue weighted by atomic mass is 10.3. The molecular formula is C11H8Br3N3O3S. The molecule has 1 aromatic carbocycles. The van der Waals surface area contributed by atoms with Crippen LogP contribution in [-0.2, 0) is 10.0 Å². The van der Waals surface area contributed by atoms with Crippen LogP contribution in [-0.4, -0.2) is 25.5 Å². The second-order valence-corrected chi connectivity index (χ2v) is 7.86. The van der Waals surface area contributed by atoms with E-state index in [4.69, 9.17) is 4.74 Å². The molecule has 10 heteroatoms. The van der Waals surface area contributed by atoms with Crippen molar-refractivity contribution in [3.05, 3.63) is 38.1 Å². The molecule has 0 saturated carbocycles. The zero-order chi connectivity index (χ0) is 15.6. The predicted molar refractivity (Wildman–Crippen MR) is 88.9 cm³/mol. The number of halogens is 3. The van der Waals surface area contributed by atoms with E-state index in [1.54, 1.807) is 12.1 Å². The molecule has 21 heavy (non-hydrogen) atoms. The van der Waals surface area contributed by atoms with Crippen LogP contribution in [0.5, 0.6) is 5.75 Å². The maximum absolute atomic E-state index is 12.5. The zero-order valence-corrected chi connectivity index (χ0v) is 16.0. The third-order valence-corrected chi connectivity index (χ3v) is 5.14. The fraction of sp³-hybridized carbons (Fsp3) is 0.0909. The molecular weight excluding hydrogens is 494 g/mol. The number of nitrogens with one attached hydrogen (secondary N) is 1. The van der Waals surface area contributed by atoms with Gasteiger partial charge in [-0.15, -0.1) is 0 Å². The first-order valence-corrected chi connectivity index (χ1v) is 9.24. The molecule has 0 atom stereocenters. The van der Waals surface area contributed by atoms with Crippen LogP contribution in [0.15, 0.2) is 43.0 Å². The third-order valence-electron chi connectivity index (χ3n) is 2.35. The van der Waals surface area contributed by atoms with E-state index in [0.717, 1.165) is 0 Å². The molecule has 1 aromatic heterocycles. The van der Waals surface area contributed by atoms with Gasteiger partial charge in [0.1, 0.15) is 15.2 Å². The van der Waals surface area contributed by atoms with Crippen LogP contribution in [0.25, 0.3) is 0 Å². The van der Waals surface area contributed by atoms with Crippen LogP contribution < -0.4 is 9.46 Å². The van der Waals surface area contributed by atoms with E-state index < -0.39 is 10.0 Å². The van der Waals surface area contributed by atoms with Crippen molar-refractivity contribution in [2.24, 2.45) is 0 Å². The van der Waals surface area contributed by atoms with Crippen molar-refractivity contribution in [2.75, 3.05) is 11.8 Å². The van der Waals surface area contributed by atoms with Crippen LogP contribution in [0.4, 0.5) is 5.82 Å². The molecule has 6 nitrogen and oxygen atoms in total. The maximum Gasteiger partial charge on any atom is 0.266 e. The zero-order valence-electron chi connectivity index (χ0n) is 10.5. The van der Waals surface area contributed by atoms with Gasteiger partial charge in [0.25, 0.3) is 10.0 Å². The minimum atomic E-state index is -3.87. The summed E-state index contributed by atoms with van der Waals surface area (Å²) in [6.07, 6.45) is 1.39. The summed E-state index contributed by atoms with van der Waals surface area (Å²) in [5, 5.41) is 0. The van der Waals surface area contributed by atoms with Crippen molar-refractivity contribution in [3.8, 4) is 5.75 Å². The minimum absolute atomic E-state index is 0.00371. The van der Waals surface area contributed by atoms with Crippen LogP contribution in [0.2, 0.25) is 0 Å². The smallest absolute Gasteiger partial charge is 0.266 e. The van der Waals surface area contributed by atoms with E-state index in [1.165, 1.54) is 19.4 Å². The van der Waals surface area contributed by atoms with Gasteiger partial charge in [-0.05, 0) is 50.1 Å². The Morgan fingerprint density at radius 3 is 2.57 bits per heavy atom. The molecule has 0 radical (unpaired) electrons. The topological polar surface area (TPSA) is 81.2 Å². The predicted octanol–water partition coefficient (Wildman–Crippen LogP) is 3.57. The van der Waals surface area contributed by atoms with Crippen molar-refractivity contribution in [1.29, 1.82) is 0 Å². The first kappa shape index (κ1) is 16.7. The van der Waals surface area contributed by atoms with Gasteiger partial charge in [-0.25, -0.2) is 18.4 Å². The van der Waals surface area contributed by atoms with Crippen molar-refractivity contribution in [2.45, 2.75) is 4.90 Å². The number of hydrogen-bond acceptors (Lipinski definition) is 5. The van der Waals surface area contributed by atoms with Gasteiger partial charge < -0.3 is 4.74 Å². The van der Waals surface area contributed by atoms with Gasteiger partial charge in [0, 0.05) is 4.47 Å². The van der Waals surface area contributed by atoms with Crippen LogP contribution in [0, 0.1) is 0 Å². The average molecular weight is 502 g/mol. The minimum Gasteiger partial charge on any atom is -0.495 e. The monoisotopic (exact) mass is 499 g/mol. The molecule has 1 N–H and O–H groups in total. The molecule has 0 aliphatic rings. The van der Waals surface area contributed by atoms with E-state index in [9.17, 15) is 8.42 Å². The molecule has 112 valence electrons. The Kier molecular flexibility index (Phi) is 5.23. The Morgan fingerprint density at radius 1 is 1.24 bits per heavy atom. The van der Waals surface area contributed by atoms with Gasteiger partial charge in [-0.3, -0.25) is 4.72 Å². The highest BCUT2D eigenvalue weighted by molar-refractivity contribution is 9.11. The van der Waals surface area contributed by atoms with Crippen molar-refractivity contribution in [3.63, 3.8) is 0 Å². The largest absolute Gasteiger partial charge is 0.495 e. The van der Waals surface area contributed by atoms with E-state index >= 15 is 0 Å². The highest BCUT2D eigenvalue weighted by atomic mass is 79.9. The molecule has 0 amide bonds. The molecule has 2 rings (SSSR count). The number of nitrogens with zero attached hydrogens (tertiary/aromatic N) is 2. The van der Waals surface area contributed by atoms with Crippen LogP contribution in [0.1, 0.15) is 0 Å². The quantitative estimate of drug-likeness (QED) is 0.692. The molecule has 0 bridgehead atoms. The van der Waals surface area contributed by atoms with Gasteiger partial charge in [-0.2, -0.15) is 0 Å². The third kappa shape index (κ3) is 3.93. The maximum atomic E-state index is 12.5. The number of ether oxygens (including phenoxy) is 1. The summed E-state index contributed by atoms with van der Waals surface area (Å²) in [5.41, 5.74) is 0. The number of anilines is 1. The Balaban J connectivity index is 2.45. The van der Waals surface area contributed by atoms with E-state index in [-0.39, 0.29) is 21.1 Å². The lowest BCUT2D eigenvalue weighted by Crippen LogP contribution is -2.15. The summed E-state index contributed by atoms with van der Waals surface area (Å²) in [6, 6.07) is 4.69. The summed E-state index contributed by atoms with van der Waals surface area (Å²) < 4.78 is 33.7. The highest BCUT2D eigenvalue weighted by Gasteiger charge is 2.22. The Labute approximate surface area is 146 Å². The van der Waals surface area contributed by atoms with Gasteiger partial charge in [0.2, 0.25) is 0 Å². The lowest BCUT2D eigenvalue weighted by molar-refractivity contribution is 0.403. The molecule has 0 aliphatic heterocycles. The molecule has 0 spiro atoms. The van der Waals surface area contributed by atoms with Crippen molar-refractivity contribution in [1.82, 2.24) is 9.97 Å². The van der Waals surface area contributed by atoms with Crippen LogP contribution in [0.3, 0.4) is 0 Å². The first-order valence-electron chi connectivity index (χ1n) is 5.38. The second kappa shape index (κ2) is 6.59. The number of methoxy groups -OCH3 is 1. The van der Waals surface area contributed by atoms with E-state index in [2.05, 4.69) is 62.5 Å². The first-order chi connectivity index (χ1) is 9.83. The standard InChI is InChI=1S/C11H8Br3N3O3S/c1-20-7-3-2-6(12)4-8(7)21(18,19)17-11-10(14)16-9(13)5-15-11/h2-5H,1H3,(H,15,17). The SMILES string of the molecule is COc1ccc(Br)cc1S(=O)(=O)Nc1ncc(Br)nc1Br. The summed E-state index contributed by atoms with van der Waals surface area (Å²) >= 11 is 9.53. The van der Waals surface area contributed by atoms with Crippen molar-refractivity contribution < 1.29 is 13.2 Å². The summed E-state index contributed by atoms with van der Waals surface area (Å²) in [7, 11) is -2.47. The van der Waals surface area contributed by atoms with E-state index in [1.807, 2.05) is 0 Å². The normalized spacial score (nSPS) is 11.2. The molecule has 0 saturated heterocycles. The van der Waals surface area contributed by atoms with Gasteiger partial charge in [0.05, 0.1) is 13.3 Å². The Hall–Kier alpha value is -0.710. The number of sulfonamides is 1. The lowest BCUT2D eigenvalue weighted by Gasteiger charge is -2.12. The fourth-order valence-electron chi connectivity index (χ4n) is 1.46. The second-order valence-electron chi connectivity index (χ2n) is 3.73. The molecule has 0 fully saturated rings. The number of benzene rings is 1. The molecule has 0 aliphatic carbocycles. The van der Waals surface area contributed by atoms with Gasteiger partial charge in [-0.1, -0.05) is 15.9 Å². The highest BCUT2D eigenvalue weighted by Crippen LogP contribution is 2.30. The van der Waals surface area contributed by atoms with Gasteiger partial charge in [0.15, 0.2) is 10.4 Å². The molecule has 2 aromatic rings. The number of aromatic nitrogens is 2. The number of hydrogen-bond donors (Lipinski definition) is 1. The molecule has 0 unspecified atom stereocenters. The average Bonchev–Trinajstić information content (AvgIpc) is 2.42. The number of rotatable bonds is 4. The summed E-state index contributed by atoms with van der Waals surface area (Å²) in [5.74, 6) is 0.312. The Bertz CT molecular complexity index is 784. The molecule has 1 heterocycles.